The highest BCUT2D eigenvalue weighted by atomic mass is 16.5. The lowest BCUT2D eigenvalue weighted by Crippen LogP contribution is -2.31. The lowest BCUT2D eigenvalue weighted by atomic mass is 9.88. The average molecular weight is 217 g/mol. The molecule has 2 heteroatoms. The Morgan fingerprint density at radius 3 is 3.00 bits per heavy atom. The zero-order chi connectivity index (χ0) is 11.0. The summed E-state index contributed by atoms with van der Waals surface area (Å²) in [6, 6.07) is 7.29. The fourth-order valence-electron chi connectivity index (χ4n) is 2.85. The third-order valence-corrected chi connectivity index (χ3v) is 3.78. The number of hydrogen-bond acceptors (Lipinski definition) is 2. The molecule has 86 valence electrons. The highest BCUT2D eigenvalue weighted by Gasteiger charge is 2.35. The molecular formula is C14H19NO. The van der Waals surface area contributed by atoms with Crippen molar-refractivity contribution in [3.63, 3.8) is 0 Å². The lowest BCUT2D eigenvalue weighted by molar-refractivity contribution is 0.183. The van der Waals surface area contributed by atoms with Gasteiger partial charge in [-0.2, -0.15) is 0 Å². The molecule has 1 aromatic rings. The first kappa shape index (κ1) is 10.3. The molecule has 1 aliphatic carbocycles. The predicted octanol–water partition coefficient (Wildman–Crippen LogP) is 2.43. The number of methoxy groups -OCH3 is 1. The fourth-order valence-corrected chi connectivity index (χ4v) is 2.85. The second-order valence-corrected chi connectivity index (χ2v) is 4.94. The lowest BCUT2D eigenvalue weighted by Gasteiger charge is -2.28. The summed E-state index contributed by atoms with van der Waals surface area (Å²) >= 11 is 0. The maximum absolute atomic E-state index is 5.28. The van der Waals surface area contributed by atoms with Crippen LogP contribution in [0, 0.1) is 5.92 Å². The van der Waals surface area contributed by atoms with Crippen LogP contribution in [0.5, 0.6) is 0 Å². The van der Waals surface area contributed by atoms with E-state index in [1.165, 1.54) is 24.0 Å². The summed E-state index contributed by atoms with van der Waals surface area (Å²) < 4.78 is 5.28. The van der Waals surface area contributed by atoms with Crippen LogP contribution >= 0.6 is 0 Å². The van der Waals surface area contributed by atoms with Crippen LogP contribution in [-0.2, 0) is 17.8 Å². The molecule has 1 aliphatic heterocycles. The molecule has 1 unspecified atom stereocenters. The van der Waals surface area contributed by atoms with E-state index in [0.717, 1.165) is 25.5 Å². The molecular weight excluding hydrogens is 198 g/mol. The molecule has 0 radical (unpaired) electrons. The highest BCUT2D eigenvalue weighted by molar-refractivity contribution is 5.39. The smallest absolute Gasteiger partial charge is 0.0715 e. The van der Waals surface area contributed by atoms with Crippen molar-refractivity contribution >= 4 is 0 Å². The van der Waals surface area contributed by atoms with Crippen LogP contribution in [0.25, 0.3) is 0 Å². The largest absolute Gasteiger partial charge is 0.380 e. The van der Waals surface area contributed by atoms with Crippen LogP contribution in [0.4, 0.5) is 0 Å². The summed E-state index contributed by atoms with van der Waals surface area (Å²) in [5.74, 6) is 0.886. The van der Waals surface area contributed by atoms with Crippen molar-refractivity contribution in [2.45, 2.75) is 31.9 Å². The predicted molar refractivity (Wildman–Crippen MR) is 64.3 cm³/mol. The number of fused-ring (bicyclic) bond motifs is 1. The van der Waals surface area contributed by atoms with Crippen LogP contribution in [0.1, 0.15) is 35.6 Å². The molecule has 0 saturated heterocycles. The molecule has 3 rings (SSSR count). The van der Waals surface area contributed by atoms with Gasteiger partial charge in [-0.15, -0.1) is 0 Å². The Bertz CT molecular complexity index is 384. The number of benzene rings is 1. The Labute approximate surface area is 97.0 Å². The third kappa shape index (κ3) is 1.76. The van der Waals surface area contributed by atoms with Crippen LogP contribution in [0.15, 0.2) is 18.2 Å². The molecule has 2 nitrogen and oxygen atoms in total. The van der Waals surface area contributed by atoms with E-state index >= 15 is 0 Å². The van der Waals surface area contributed by atoms with Gasteiger partial charge in [0, 0.05) is 13.2 Å². The molecule has 1 fully saturated rings. The van der Waals surface area contributed by atoms with Gasteiger partial charge in [-0.3, -0.25) is 0 Å². The summed E-state index contributed by atoms with van der Waals surface area (Å²) in [5.41, 5.74) is 4.45. The number of ether oxygens (including phenoxy) is 1. The van der Waals surface area contributed by atoms with Gasteiger partial charge in [0.15, 0.2) is 0 Å². The molecule has 1 N–H and O–H groups in total. The van der Waals surface area contributed by atoms with E-state index in [4.69, 9.17) is 4.74 Å². The van der Waals surface area contributed by atoms with Gasteiger partial charge in [-0.1, -0.05) is 18.2 Å². The molecule has 1 saturated carbocycles. The van der Waals surface area contributed by atoms with Gasteiger partial charge in [0.1, 0.15) is 0 Å². The quantitative estimate of drug-likeness (QED) is 0.839. The topological polar surface area (TPSA) is 21.3 Å². The monoisotopic (exact) mass is 217 g/mol. The molecule has 1 aromatic carbocycles. The van der Waals surface area contributed by atoms with Crippen molar-refractivity contribution < 1.29 is 4.74 Å². The van der Waals surface area contributed by atoms with E-state index < -0.39 is 0 Å². The first-order valence-corrected chi connectivity index (χ1v) is 6.23. The van der Waals surface area contributed by atoms with E-state index in [1.807, 2.05) is 0 Å². The Kier molecular flexibility index (Phi) is 2.70. The van der Waals surface area contributed by atoms with Gasteiger partial charge in [0.05, 0.1) is 6.61 Å². The standard InChI is InChI=1S/C14H19NO/c1-16-9-11-3-2-4-13-12(11)7-8-15-14(13)10-5-6-10/h2-4,10,14-15H,5-9H2,1H3. The van der Waals surface area contributed by atoms with Crippen molar-refractivity contribution in [2.24, 2.45) is 5.92 Å². The van der Waals surface area contributed by atoms with Crippen molar-refractivity contribution in [2.75, 3.05) is 13.7 Å². The highest BCUT2D eigenvalue weighted by Crippen LogP contribution is 2.43. The first-order chi connectivity index (χ1) is 7.90. The van der Waals surface area contributed by atoms with Crippen LogP contribution in [0.3, 0.4) is 0 Å². The Morgan fingerprint density at radius 1 is 1.38 bits per heavy atom. The summed E-state index contributed by atoms with van der Waals surface area (Å²) in [5, 5.41) is 3.67. The first-order valence-electron chi connectivity index (χ1n) is 6.23. The Morgan fingerprint density at radius 2 is 2.25 bits per heavy atom. The van der Waals surface area contributed by atoms with Gasteiger partial charge >= 0.3 is 0 Å². The second kappa shape index (κ2) is 4.19. The van der Waals surface area contributed by atoms with Gasteiger partial charge in [-0.25, -0.2) is 0 Å². The van der Waals surface area contributed by atoms with E-state index in [2.05, 4.69) is 23.5 Å². The Balaban J connectivity index is 1.97. The summed E-state index contributed by atoms with van der Waals surface area (Å²) in [6.07, 6.45) is 3.94. The minimum Gasteiger partial charge on any atom is -0.380 e. The molecule has 0 amide bonds. The maximum Gasteiger partial charge on any atom is 0.0715 e. The minimum absolute atomic E-state index is 0.612. The maximum atomic E-state index is 5.28. The van der Waals surface area contributed by atoms with Gasteiger partial charge in [0.25, 0.3) is 0 Å². The van der Waals surface area contributed by atoms with Crippen molar-refractivity contribution in [1.82, 2.24) is 5.32 Å². The van der Waals surface area contributed by atoms with E-state index in [1.54, 1.807) is 12.7 Å². The van der Waals surface area contributed by atoms with Crippen molar-refractivity contribution in [3.8, 4) is 0 Å². The summed E-state index contributed by atoms with van der Waals surface area (Å²) in [4.78, 5) is 0. The zero-order valence-electron chi connectivity index (χ0n) is 9.83. The molecule has 1 atom stereocenters. The van der Waals surface area contributed by atoms with Gasteiger partial charge in [0.2, 0.25) is 0 Å². The van der Waals surface area contributed by atoms with Crippen molar-refractivity contribution in [1.29, 1.82) is 0 Å². The molecule has 0 aromatic heterocycles. The average Bonchev–Trinajstić information content (AvgIpc) is 3.13. The molecule has 16 heavy (non-hydrogen) atoms. The molecule has 1 heterocycles. The van der Waals surface area contributed by atoms with E-state index in [0.29, 0.717) is 6.04 Å². The number of nitrogens with one attached hydrogen (secondary N) is 1. The third-order valence-electron chi connectivity index (χ3n) is 3.78. The van der Waals surface area contributed by atoms with E-state index in [9.17, 15) is 0 Å². The van der Waals surface area contributed by atoms with Crippen LogP contribution < -0.4 is 5.32 Å². The van der Waals surface area contributed by atoms with Gasteiger partial charge < -0.3 is 10.1 Å². The molecule has 0 bridgehead atoms. The van der Waals surface area contributed by atoms with Gasteiger partial charge in [-0.05, 0) is 48.4 Å². The SMILES string of the molecule is COCc1cccc2c1CCNC2C1CC1. The Hall–Kier alpha value is -0.860. The molecule has 2 aliphatic rings. The second-order valence-electron chi connectivity index (χ2n) is 4.94. The van der Waals surface area contributed by atoms with Crippen molar-refractivity contribution in [3.05, 3.63) is 34.9 Å². The summed E-state index contributed by atoms with van der Waals surface area (Å²) in [7, 11) is 1.78. The van der Waals surface area contributed by atoms with Crippen LogP contribution in [0.2, 0.25) is 0 Å². The number of rotatable bonds is 3. The zero-order valence-corrected chi connectivity index (χ0v) is 9.83. The minimum atomic E-state index is 0.612. The molecule has 0 spiro atoms. The van der Waals surface area contributed by atoms with E-state index in [-0.39, 0.29) is 0 Å². The fraction of sp³-hybridized carbons (Fsp3) is 0.571. The van der Waals surface area contributed by atoms with Crippen LogP contribution in [-0.4, -0.2) is 13.7 Å². The number of hydrogen-bond donors (Lipinski definition) is 1. The normalized spacial score (nSPS) is 24.2. The summed E-state index contributed by atoms with van der Waals surface area (Å²) in [6.45, 7) is 1.87.